The Labute approximate surface area is 116 Å². The van der Waals surface area contributed by atoms with Crippen molar-refractivity contribution in [2.75, 3.05) is 0 Å². The van der Waals surface area contributed by atoms with Crippen LogP contribution in [0.15, 0.2) is 64.7 Å². The monoisotopic (exact) mass is 294 g/mol. The molecule has 0 heterocycles. The minimum absolute atomic E-state index is 0.110. The maximum absolute atomic E-state index is 14.0. The molecule has 5 heteroatoms. The third-order valence-corrected chi connectivity index (χ3v) is 4.31. The van der Waals surface area contributed by atoms with Crippen molar-refractivity contribution in [1.29, 1.82) is 0 Å². The minimum atomic E-state index is -4.47. The lowest BCUT2D eigenvalue weighted by Gasteiger charge is -2.04. The minimum Gasteiger partial charge on any atom is -0.216 e. The number of hydrogen-bond acceptors (Lipinski definition) is 2. The zero-order chi connectivity index (χ0) is 14.8. The fourth-order valence-corrected chi connectivity index (χ4v) is 2.69. The Kier molecular flexibility index (Phi) is 3.99. The summed E-state index contributed by atoms with van der Waals surface area (Å²) < 4.78 is 51.8. The first-order valence-corrected chi connectivity index (χ1v) is 7.33. The Morgan fingerprint density at radius 1 is 0.900 bits per heavy atom. The largest absolute Gasteiger partial charge is 0.255 e. The fraction of sp³-hybridized carbons (Fsp3) is 0.0667. The highest BCUT2D eigenvalue weighted by Crippen LogP contribution is 2.29. The summed E-state index contributed by atoms with van der Waals surface area (Å²) >= 11 is 0. The van der Waals surface area contributed by atoms with Gasteiger partial charge in [-0.2, -0.15) is 4.39 Å². The first-order chi connectivity index (χ1) is 9.43. The van der Waals surface area contributed by atoms with E-state index in [9.17, 15) is 17.2 Å². The van der Waals surface area contributed by atoms with E-state index in [1.807, 2.05) is 0 Å². The third-order valence-electron chi connectivity index (χ3n) is 2.77. The Morgan fingerprint density at radius 2 is 1.45 bits per heavy atom. The molecule has 0 fully saturated rings. The molecule has 0 radical (unpaired) electrons. The fourth-order valence-electron chi connectivity index (χ4n) is 1.64. The SMILES string of the molecule is Cc1ccc(S(=O)(=O)/C(F)=C(\F)c2ccccc2)cc1. The second-order valence-electron chi connectivity index (χ2n) is 4.27. The van der Waals surface area contributed by atoms with Crippen LogP contribution in [-0.2, 0) is 9.84 Å². The molecule has 0 atom stereocenters. The van der Waals surface area contributed by atoms with Gasteiger partial charge in [-0.05, 0) is 19.1 Å². The van der Waals surface area contributed by atoms with Gasteiger partial charge in [-0.25, -0.2) is 12.8 Å². The summed E-state index contributed by atoms with van der Waals surface area (Å²) in [5, 5.41) is -1.77. The van der Waals surface area contributed by atoms with E-state index in [1.165, 1.54) is 48.5 Å². The molecule has 2 rings (SSSR count). The van der Waals surface area contributed by atoms with Crippen molar-refractivity contribution in [3.8, 4) is 0 Å². The number of hydrogen-bond donors (Lipinski definition) is 0. The average Bonchev–Trinajstić information content (AvgIpc) is 2.47. The van der Waals surface area contributed by atoms with E-state index in [-0.39, 0.29) is 10.5 Å². The van der Waals surface area contributed by atoms with E-state index in [0.717, 1.165) is 5.56 Å². The Balaban J connectivity index is 2.51. The molecule has 2 aromatic carbocycles. The second kappa shape index (κ2) is 5.54. The van der Waals surface area contributed by atoms with Crippen LogP contribution in [0.1, 0.15) is 11.1 Å². The zero-order valence-corrected chi connectivity index (χ0v) is 11.5. The van der Waals surface area contributed by atoms with Gasteiger partial charge in [0.05, 0.1) is 4.90 Å². The van der Waals surface area contributed by atoms with E-state index in [2.05, 4.69) is 0 Å². The molecule has 0 saturated carbocycles. The van der Waals surface area contributed by atoms with Gasteiger partial charge in [0.2, 0.25) is 9.84 Å². The van der Waals surface area contributed by atoms with E-state index in [0.29, 0.717) is 0 Å². The smallest absolute Gasteiger partial charge is 0.216 e. The van der Waals surface area contributed by atoms with Gasteiger partial charge in [-0.15, -0.1) is 0 Å². The Hall–Kier alpha value is -2.01. The van der Waals surface area contributed by atoms with Crippen molar-refractivity contribution in [1.82, 2.24) is 0 Å². The van der Waals surface area contributed by atoms with Crippen LogP contribution in [0.3, 0.4) is 0 Å². The molecule has 0 aliphatic heterocycles. The van der Waals surface area contributed by atoms with Crippen LogP contribution >= 0.6 is 0 Å². The Morgan fingerprint density at radius 3 is 2.00 bits per heavy atom. The molecule has 0 N–H and O–H groups in total. The van der Waals surface area contributed by atoms with E-state index in [1.54, 1.807) is 13.0 Å². The van der Waals surface area contributed by atoms with Gasteiger partial charge in [0, 0.05) is 5.56 Å². The van der Waals surface area contributed by atoms with Gasteiger partial charge in [-0.1, -0.05) is 48.0 Å². The van der Waals surface area contributed by atoms with Crippen molar-refractivity contribution in [2.24, 2.45) is 0 Å². The summed E-state index contributed by atoms with van der Waals surface area (Å²) in [5.41, 5.74) is 0.720. The second-order valence-corrected chi connectivity index (χ2v) is 6.11. The van der Waals surface area contributed by atoms with E-state index < -0.39 is 20.8 Å². The van der Waals surface area contributed by atoms with Crippen LogP contribution < -0.4 is 0 Å². The lowest BCUT2D eigenvalue weighted by molar-refractivity contribution is 0.570. The molecule has 0 saturated heterocycles. The highest BCUT2D eigenvalue weighted by molar-refractivity contribution is 7.95. The van der Waals surface area contributed by atoms with E-state index >= 15 is 0 Å². The first kappa shape index (κ1) is 14.4. The summed E-state index contributed by atoms with van der Waals surface area (Å²) in [7, 11) is -4.47. The molecule has 0 spiro atoms. The molecular formula is C15H12F2O2S. The number of aryl methyl sites for hydroxylation is 1. The quantitative estimate of drug-likeness (QED) is 0.856. The summed E-state index contributed by atoms with van der Waals surface area (Å²) in [6.45, 7) is 1.77. The first-order valence-electron chi connectivity index (χ1n) is 5.85. The molecular weight excluding hydrogens is 282 g/mol. The maximum atomic E-state index is 14.0. The molecule has 2 aromatic rings. The highest BCUT2D eigenvalue weighted by atomic mass is 32.2. The van der Waals surface area contributed by atoms with Gasteiger partial charge in [0.15, 0.2) is 5.83 Å². The van der Waals surface area contributed by atoms with Crippen LogP contribution in [0.5, 0.6) is 0 Å². The molecule has 0 aromatic heterocycles. The molecule has 0 amide bonds. The van der Waals surface area contributed by atoms with Gasteiger partial charge >= 0.3 is 0 Å². The van der Waals surface area contributed by atoms with Gasteiger partial charge in [0.25, 0.3) is 5.16 Å². The summed E-state index contributed by atoms with van der Waals surface area (Å²) in [6, 6.07) is 12.8. The predicted octanol–water partition coefficient (Wildman–Crippen LogP) is 4.03. The lowest BCUT2D eigenvalue weighted by atomic mass is 10.2. The van der Waals surface area contributed by atoms with Gasteiger partial charge in [0.1, 0.15) is 0 Å². The molecule has 0 unspecified atom stereocenters. The zero-order valence-electron chi connectivity index (χ0n) is 10.7. The van der Waals surface area contributed by atoms with Gasteiger partial charge < -0.3 is 0 Å². The van der Waals surface area contributed by atoms with Crippen molar-refractivity contribution in [2.45, 2.75) is 11.8 Å². The van der Waals surface area contributed by atoms with E-state index in [4.69, 9.17) is 0 Å². The van der Waals surface area contributed by atoms with Crippen LogP contribution in [0.4, 0.5) is 8.78 Å². The van der Waals surface area contributed by atoms with Crippen molar-refractivity contribution >= 4 is 15.7 Å². The van der Waals surface area contributed by atoms with Crippen LogP contribution in [-0.4, -0.2) is 8.42 Å². The summed E-state index contributed by atoms with van der Waals surface area (Å²) in [4.78, 5) is -0.272. The average molecular weight is 294 g/mol. The number of sulfone groups is 1. The third kappa shape index (κ3) is 2.77. The maximum Gasteiger partial charge on any atom is 0.255 e. The van der Waals surface area contributed by atoms with Gasteiger partial charge in [-0.3, -0.25) is 0 Å². The van der Waals surface area contributed by atoms with Crippen molar-refractivity contribution in [3.63, 3.8) is 0 Å². The van der Waals surface area contributed by atoms with Crippen molar-refractivity contribution in [3.05, 3.63) is 70.9 Å². The molecule has 0 aliphatic rings. The van der Waals surface area contributed by atoms with Crippen LogP contribution in [0.25, 0.3) is 5.83 Å². The number of benzene rings is 2. The topological polar surface area (TPSA) is 34.1 Å². The molecule has 20 heavy (non-hydrogen) atoms. The molecule has 0 aliphatic carbocycles. The lowest BCUT2D eigenvalue weighted by Crippen LogP contribution is -2.03. The predicted molar refractivity (Wildman–Crippen MR) is 73.9 cm³/mol. The summed E-state index contributed by atoms with van der Waals surface area (Å²) in [5.74, 6) is -1.38. The number of halogens is 2. The van der Waals surface area contributed by atoms with Crippen molar-refractivity contribution < 1.29 is 17.2 Å². The summed E-state index contributed by atoms with van der Waals surface area (Å²) in [6.07, 6.45) is 0. The molecule has 0 bridgehead atoms. The number of rotatable bonds is 3. The highest BCUT2D eigenvalue weighted by Gasteiger charge is 2.26. The van der Waals surface area contributed by atoms with Crippen LogP contribution in [0.2, 0.25) is 0 Å². The molecule has 2 nitrogen and oxygen atoms in total. The molecule has 104 valence electrons. The standard InChI is InChI=1S/C15H12F2O2S/c1-11-7-9-13(10-8-11)20(18,19)15(17)14(16)12-5-3-2-4-6-12/h2-10H,1H3/b15-14-. The Bertz CT molecular complexity index is 733. The van der Waals surface area contributed by atoms with Crippen LogP contribution in [0, 0.1) is 6.92 Å². The normalized spacial score (nSPS) is 12.9.